The number of rotatable bonds is 2. The Hall–Kier alpha value is -3.15. The van der Waals surface area contributed by atoms with Gasteiger partial charge in [-0.25, -0.2) is 9.67 Å². The molecule has 0 bridgehead atoms. The monoisotopic (exact) mass is 358 g/mol. The third-order valence-corrected chi connectivity index (χ3v) is 5.36. The summed E-state index contributed by atoms with van der Waals surface area (Å²) < 4.78 is 1.92. The molecular weight excluding hydrogens is 336 g/mol. The zero-order valence-electron chi connectivity index (χ0n) is 15.3. The predicted octanol–water partition coefficient (Wildman–Crippen LogP) is 3.52. The SMILES string of the molecule is C=C1c2cn(C3=CN=C(N4CCCC4)CC=C3)nc2CN1c1cccnc1. The topological polar surface area (TPSA) is 49.6 Å². The summed E-state index contributed by atoms with van der Waals surface area (Å²) in [6.07, 6.45) is 15.3. The van der Waals surface area contributed by atoms with Crippen molar-refractivity contribution in [1.29, 1.82) is 0 Å². The Bertz CT molecular complexity index is 960. The molecule has 0 saturated carbocycles. The third kappa shape index (κ3) is 2.87. The number of aromatic nitrogens is 3. The van der Waals surface area contributed by atoms with E-state index in [2.05, 4.69) is 39.7 Å². The van der Waals surface area contributed by atoms with Crippen LogP contribution in [0, 0.1) is 0 Å². The van der Waals surface area contributed by atoms with E-state index in [1.54, 1.807) is 6.20 Å². The van der Waals surface area contributed by atoms with Crippen LogP contribution >= 0.6 is 0 Å². The first-order valence-corrected chi connectivity index (χ1v) is 9.44. The molecule has 0 N–H and O–H groups in total. The highest BCUT2D eigenvalue weighted by molar-refractivity contribution is 5.87. The number of likely N-dealkylation sites (tertiary alicyclic amines) is 1. The van der Waals surface area contributed by atoms with Crippen molar-refractivity contribution < 1.29 is 0 Å². The molecule has 2 aromatic rings. The van der Waals surface area contributed by atoms with Crippen LogP contribution in [0.3, 0.4) is 0 Å². The van der Waals surface area contributed by atoms with Crippen LogP contribution in [-0.2, 0) is 6.54 Å². The molecule has 6 nitrogen and oxygen atoms in total. The predicted molar refractivity (Wildman–Crippen MR) is 108 cm³/mol. The van der Waals surface area contributed by atoms with Gasteiger partial charge in [-0.1, -0.05) is 12.7 Å². The lowest BCUT2D eigenvalue weighted by atomic mass is 10.2. The molecule has 0 unspecified atom stereocenters. The van der Waals surface area contributed by atoms with E-state index in [9.17, 15) is 0 Å². The molecule has 1 fully saturated rings. The summed E-state index contributed by atoms with van der Waals surface area (Å²) >= 11 is 0. The Kier molecular flexibility index (Phi) is 3.89. The van der Waals surface area contributed by atoms with E-state index in [1.165, 1.54) is 12.8 Å². The van der Waals surface area contributed by atoms with Crippen LogP contribution in [0.15, 0.2) is 60.6 Å². The molecule has 0 aliphatic carbocycles. The number of pyridine rings is 1. The van der Waals surface area contributed by atoms with Crippen molar-refractivity contribution in [3.05, 3.63) is 66.9 Å². The van der Waals surface area contributed by atoms with Crippen LogP contribution in [0.25, 0.3) is 11.4 Å². The van der Waals surface area contributed by atoms with Crippen LogP contribution in [0.5, 0.6) is 0 Å². The highest BCUT2D eigenvalue weighted by atomic mass is 15.3. The van der Waals surface area contributed by atoms with Crippen molar-refractivity contribution in [2.24, 2.45) is 4.99 Å². The van der Waals surface area contributed by atoms with Crippen molar-refractivity contribution in [3.8, 4) is 0 Å². The van der Waals surface area contributed by atoms with Crippen LogP contribution in [0.1, 0.15) is 30.5 Å². The molecule has 6 heteroatoms. The summed E-state index contributed by atoms with van der Waals surface area (Å²) in [5.41, 5.74) is 5.11. The first-order valence-electron chi connectivity index (χ1n) is 9.44. The molecule has 0 spiro atoms. The van der Waals surface area contributed by atoms with Gasteiger partial charge in [0.1, 0.15) is 5.84 Å². The second kappa shape index (κ2) is 6.54. The van der Waals surface area contributed by atoms with Crippen LogP contribution in [0.4, 0.5) is 5.69 Å². The lowest BCUT2D eigenvalue weighted by Crippen LogP contribution is -2.26. The second-order valence-electron chi connectivity index (χ2n) is 7.08. The zero-order chi connectivity index (χ0) is 18.2. The van der Waals surface area contributed by atoms with Crippen molar-refractivity contribution >= 4 is 22.9 Å². The fourth-order valence-corrected chi connectivity index (χ4v) is 3.89. The molecule has 3 aliphatic heterocycles. The van der Waals surface area contributed by atoms with E-state index >= 15 is 0 Å². The molecule has 0 atom stereocenters. The van der Waals surface area contributed by atoms with Crippen molar-refractivity contribution in [1.82, 2.24) is 19.7 Å². The van der Waals surface area contributed by atoms with Crippen LogP contribution in [-0.4, -0.2) is 38.6 Å². The van der Waals surface area contributed by atoms with Gasteiger partial charge in [-0.2, -0.15) is 5.10 Å². The van der Waals surface area contributed by atoms with Crippen molar-refractivity contribution in [2.75, 3.05) is 18.0 Å². The van der Waals surface area contributed by atoms with Crippen LogP contribution in [0.2, 0.25) is 0 Å². The Labute approximate surface area is 158 Å². The quantitative estimate of drug-likeness (QED) is 0.824. The minimum absolute atomic E-state index is 0.714. The molecule has 136 valence electrons. The van der Waals surface area contributed by atoms with Gasteiger partial charge in [-0.05, 0) is 31.1 Å². The number of allylic oxidation sites excluding steroid dienone is 2. The third-order valence-electron chi connectivity index (χ3n) is 5.36. The molecule has 0 radical (unpaired) electrons. The normalized spacial score (nSPS) is 19.2. The fraction of sp³-hybridized carbons (Fsp3) is 0.286. The number of anilines is 1. The number of hydrogen-bond acceptors (Lipinski definition) is 5. The molecule has 27 heavy (non-hydrogen) atoms. The van der Waals surface area contributed by atoms with Gasteiger partial charge in [0.15, 0.2) is 0 Å². The second-order valence-corrected chi connectivity index (χ2v) is 7.08. The van der Waals surface area contributed by atoms with Gasteiger partial charge in [0.05, 0.1) is 36.0 Å². The van der Waals surface area contributed by atoms with Gasteiger partial charge in [-0.3, -0.25) is 4.98 Å². The molecule has 5 heterocycles. The van der Waals surface area contributed by atoms with Gasteiger partial charge in [-0.15, -0.1) is 0 Å². The van der Waals surface area contributed by atoms with Gasteiger partial charge in [0.2, 0.25) is 0 Å². The van der Waals surface area contributed by atoms with Gasteiger partial charge in [0.25, 0.3) is 0 Å². The van der Waals surface area contributed by atoms with E-state index in [-0.39, 0.29) is 0 Å². The molecule has 0 amide bonds. The summed E-state index contributed by atoms with van der Waals surface area (Å²) in [7, 11) is 0. The maximum absolute atomic E-state index is 4.80. The largest absolute Gasteiger partial charge is 0.360 e. The maximum atomic E-state index is 4.80. The first kappa shape index (κ1) is 16.1. The Morgan fingerprint density at radius 1 is 1.15 bits per heavy atom. The summed E-state index contributed by atoms with van der Waals surface area (Å²) in [5.74, 6) is 1.16. The summed E-state index contributed by atoms with van der Waals surface area (Å²) in [6, 6.07) is 3.99. The van der Waals surface area contributed by atoms with Gasteiger partial charge < -0.3 is 9.80 Å². The summed E-state index contributed by atoms with van der Waals surface area (Å²) in [6.45, 7) is 7.22. The Balaban J connectivity index is 1.40. The maximum Gasteiger partial charge on any atom is 0.108 e. The minimum atomic E-state index is 0.714. The molecule has 1 saturated heterocycles. The lowest BCUT2D eigenvalue weighted by molar-refractivity contribution is 0.512. The minimum Gasteiger partial charge on any atom is -0.360 e. The number of hydrogen-bond donors (Lipinski definition) is 0. The highest BCUT2D eigenvalue weighted by Gasteiger charge is 2.27. The highest BCUT2D eigenvalue weighted by Crippen LogP contribution is 2.35. The number of nitrogens with zero attached hydrogens (tertiary/aromatic N) is 6. The standard InChI is InChI=1S/C21H22N6/c1-16-19-14-27(24-20(19)15-26(16)17-7-5-9-22-12-17)18-6-4-8-21(23-13-18)25-10-2-3-11-25/h4-7,9,12-14H,1-3,8,10-11,15H2. The molecule has 0 aromatic carbocycles. The van der Waals surface area contributed by atoms with E-state index in [0.717, 1.165) is 53.7 Å². The average Bonchev–Trinajstić information content (AvgIpc) is 3.38. The molecule has 3 aliphatic rings. The van der Waals surface area contributed by atoms with E-state index in [4.69, 9.17) is 10.1 Å². The van der Waals surface area contributed by atoms with Gasteiger partial charge in [0, 0.05) is 43.2 Å². The van der Waals surface area contributed by atoms with E-state index in [0.29, 0.717) is 6.54 Å². The molecule has 5 rings (SSSR count). The smallest absolute Gasteiger partial charge is 0.108 e. The lowest BCUT2D eigenvalue weighted by Gasteiger charge is -2.19. The van der Waals surface area contributed by atoms with E-state index in [1.807, 2.05) is 29.2 Å². The Morgan fingerprint density at radius 2 is 2.04 bits per heavy atom. The van der Waals surface area contributed by atoms with Crippen molar-refractivity contribution in [3.63, 3.8) is 0 Å². The van der Waals surface area contributed by atoms with Gasteiger partial charge >= 0.3 is 0 Å². The Morgan fingerprint density at radius 3 is 2.81 bits per heavy atom. The van der Waals surface area contributed by atoms with Crippen LogP contribution < -0.4 is 4.90 Å². The molecule has 2 aromatic heterocycles. The fourth-order valence-electron chi connectivity index (χ4n) is 3.89. The number of amidine groups is 1. The number of fused-ring (bicyclic) bond motifs is 1. The molecular formula is C21H22N6. The van der Waals surface area contributed by atoms with E-state index < -0.39 is 0 Å². The number of aliphatic imine (C=N–C) groups is 1. The average molecular weight is 358 g/mol. The summed E-state index contributed by atoms with van der Waals surface area (Å²) in [5, 5.41) is 4.80. The first-order chi connectivity index (χ1) is 13.3. The summed E-state index contributed by atoms with van der Waals surface area (Å²) in [4.78, 5) is 13.5. The van der Waals surface area contributed by atoms with Crippen molar-refractivity contribution in [2.45, 2.75) is 25.8 Å². The zero-order valence-corrected chi connectivity index (χ0v) is 15.3.